The van der Waals surface area contributed by atoms with E-state index in [1.54, 1.807) is 6.26 Å². The lowest BCUT2D eigenvalue weighted by Crippen LogP contribution is -2.27. The highest BCUT2D eigenvalue weighted by Crippen LogP contribution is 2.29. The average Bonchev–Trinajstić information content (AvgIpc) is 3.22. The van der Waals surface area contributed by atoms with Crippen molar-refractivity contribution in [3.8, 4) is 0 Å². The van der Waals surface area contributed by atoms with Gasteiger partial charge in [-0.3, -0.25) is 9.59 Å². The number of fused-ring (bicyclic) bond motifs is 1. The normalized spacial score (nSPS) is 15.4. The molecule has 28 heavy (non-hydrogen) atoms. The molecular formula is C20H21NO6S. The zero-order valence-corrected chi connectivity index (χ0v) is 16.5. The summed E-state index contributed by atoms with van der Waals surface area (Å²) in [6.45, 7) is 2.54. The lowest BCUT2D eigenvalue weighted by molar-refractivity contribution is -0.143. The fourth-order valence-electron chi connectivity index (χ4n) is 2.87. The summed E-state index contributed by atoms with van der Waals surface area (Å²) in [5, 5.41) is 1.46. The van der Waals surface area contributed by atoms with E-state index in [1.165, 1.54) is 29.8 Å². The van der Waals surface area contributed by atoms with Crippen LogP contribution in [0.4, 0.5) is 0 Å². The Morgan fingerprint density at radius 2 is 2.18 bits per heavy atom. The molecule has 7 nitrogen and oxygen atoms in total. The number of carbonyl (C=O) groups excluding carboxylic acids is 3. The van der Waals surface area contributed by atoms with Crippen molar-refractivity contribution in [3.05, 3.63) is 46.7 Å². The summed E-state index contributed by atoms with van der Waals surface area (Å²) < 4.78 is 15.4. The average molecular weight is 403 g/mol. The second kappa shape index (κ2) is 8.97. The molecule has 1 amide bonds. The molecule has 0 bridgehead atoms. The van der Waals surface area contributed by atoms with Crippen LogP contribution >= 0.6 is 11.8 Å². The molecule has 1 aromatic carbocycles. The summed E-state index contributed by atoms with van der Waals surface area (Å²) >= 11 is 1.29. The minimum Gasteiger partial charge on any atom is -0.466 e. The Morgan fingerprint density at radius 3 is 2.96 bits per heavy atom. The predicted octanol–water partition coefficient (Wildman–Crippen LogP) is 2.81. The number of hydrogen-bond donors (Lipinski definition) is 0. The Morgan fingerprint density at radius 1 is 1.36 bits per heavy atom. The molecule has 0 atom stereocenters. The minimum absolute atomic E-state index is 0.0772. The first-order chi connectivity index (χ1) is 13.5. The van der Waals surface area contributed by atoms with Crippen LogP contribution in [0.5, 0.6) is 0 Å². The van der Waals surface area contributed by atoms with Crippen LogP contribution in [0.25, 0.3) is 11.0 Å². The number of hydrogen-bond acceptors (Lipinski definition) is 7. The summed E-state index contributed by atoms with van der Waals surface area (Å²) in [4.78, 5) is 36.9. The van der Waals surface area contributed by atoms with E-state index < -0.39 is 5.97 Å². The fraction of sp³-hybridized carbons (Fsp3) is 0.350. The third-order valence-corrected chi connectivity index (χ3v) is 5.31. The number of thioether (sulfide) groups is 1. The SMILES string of the molecule is COC(=O)/C=C1/SCC(=O)N1CCCOC(=O)Cc1coc2cc(C)ccc12. The Bertz CT molecular complexity index is 932. The van der Waals surface area contributed by atoms with Crippen LogP contribution in [-0.2, 0) is 30.3 Å². The van der Waals surface area contributed by atoms with E-state index >= 15 is 0 Å². The van der Waals surface area contributed by atoms with Crippen LogP contribution in [-0.4, -0.2) is 48.8 Å². The summed E-state index contributed by atoms with van der Waals surface area (Å²) in [7, 11) is 1.29. The van der Waals surface area contributed by atoms with Gasteiger partial charge in [0, 0.05) is 17.5 Å². The van der Waals surface area contributed by atoms with Crippen LogP contribution in [0.3, 0.4) is 0 Å². The van der Waals surface area contributed by atoms with Crippen molar-refractivity contribution < 1.29 is 28.3 Å². The first kappa shape index (κ1) is 20.0. The van der Waals surface area contributed by atoms with Gasteiger partial charge in [0.2, 0.25) is 5.91 Å². The van der Waals surface area contributed by atoms with Gasteiger partial charge in [0.05, 0.1) is 43.3 Å². The summed E-state index contributed by atoms with van der Waals surface area (Å²) in [5.74, 6) is -0.645. The number of nitrogens with zero attached hydrogens (tertiary/aromatic N) is 1. The zero-order valence-electron chi connectivity index (χ0n) is 15.7. The standard InChI is InChI=1S/C20H21NO6S/c1-13-4-5-15-14(11-27-16(15)8-13)9-20(24)26-7-3-6-21-17(22)12-28-18(21)10-19(23)25-2/h4-5,8,10-11H,3,6-7,9,12H2,1-2H3/b18-10+. The second-order valence-corrected chi connectivity index (χ2v) is 7.35. The fourth-order valence-corrected chi connectivity index (χ4v) is 3.83. The van der Waals surface area contributed by atoms with E-state index in [-0.39, 0.29) is 30.7 Å². The van der Waals surface area contributed by atoms with Crippen molar-refractivity contribution in [3.63, 3.8) is 0 Å². The maximum Gasteiger partial charge on any atom is 0.333 e. The molecule has 0 N–H and O–H groups in total. The number of carbonyl (C=O) groups is 3. The summed E-state index contributed by atoms with van der Waals surface area (Å²) in [6.07, 6.45) is 3.48. The largest absolute Gasteiger partial charge is 0.466 e. The maximum absolute atomic E-state index is 12.1. The van der Waals surface area contributed by atoms with Crippen LogP contribution in [0.1, 0.15) is 17.5 Å². The van der Waals surface area contributed by atoms with Gasteiger partial charge in [0.15, 0.2) is 0 Å². The van der Waals surface area contributed by atoms with Crippen LogP contribution < -0.4 is 0 Å². The quantitative estimate of drug-likeness (QED) is 0.399. The molecule has 2 heterocycles. The van der Waals surface area contributed by atoms with Crippen molar-refractivity contribution in [1.82, 2.24) is 4.90 Å². The van der Waals surface area contributed by atoms with E-state index in [2.05, 4.69) is 4.74 Å². The Balaban J connectivity index is 1.48. The molecule has 0 aliphatic carbocycles. The lowest BCUT2D eigenvalue weighted by Gasteiger charge is -2.16. The monoisotopic (exact) mass is 403 g/mol. The smallest absolute Gasteiger partial charge is 0.333 e. The molecule has 1 aliphatic rings. The highest BCUT2D eigenvalue weighted by Gasteiger charge is 2.27. The molecule has 1 aliphatic heterocycles. The summed E-state index contributed by atoms with van der Waals surface area (Å²) in [6, 6.07) is 5.83. The van der Waals surface area contributed by atoms with Gasteiger partial charge in [0.25, 0.3) is 0 Å². The Labute approximate surface area is 166 Å². The first-order valence-electron chi connectivity index (χ1n) is 8.83. The molecule has 2 aromatic rings. The molecule has 0 radical (unpaired) electrons. The summed E-state index contributed by atoms with van der Waals surface area (Å²) in [5.41, 5.74) is 2.62. The van der Waals surface area contributed by atoms with Crippen molar-refractivity contribution in [2.24, 2.45) is 0 Å². The molecular weight excluding hydrogens is 382 g/mol. The van der Waals surface area contributed by atoms with Gasteiger partial charge < -0.3 is 18.8 Å². The van der Waals surface area contributed by atoms with Gasteiger partial charge in [-0.1, -0.05) is 23.9 Å². The van der Waals surface area contributed by atoms with Gasteiger partial charge in [-0.2, -0.15) is 0 Å². The molecule has 1 saturated heterocycles. The third kappa shape index (κ3) is 4.75. The topological polar surface area (TPSA) is 86.0 Å². The van der Waals surface area contributed by atoms with Gasteiger partial charge >= 0.3 is 11.9 Å². The highest BCUT2D eigenvalue weighted by atomic mass is 32.2. The zero-order chi connectivity index (χ0) is 20.1. The van der Waals surface area contributed by atoms with E-state index in [0.29, 0.717) is 18.0 Å². The number of rotatable bonds is 7. The molecule has 0 unspecified atom stereocenters. The number of benzene rings is 1. The molecule has 148 valence electrons. The molecule has 0 saturated carbocycles. The van der Waals surface area contributed by atoms with Crippen LogP contribution in [0.15, 0.2) is 40.0 Å². The van der Waals surface area contributed by atoms with Gasteiger partial charge in [-0.05, 0) is 25.0 Å². The molecule has 0 spiro atoms. The Hall–Kier alpha value is -2.74. The van der Waals surface area contributed by atoms with Gasteiger partial charge in [0.1, 0.15) is 5.58 Å². The number of furan rings is 1. The molecule has 1 fully saturated rings. The Kier molecular flexibility index (Phi) is 6.41. The minimum atomic E-state index is -0.504. The molecule has 8 heteroatoms. The van der Waals surface area contributed by atoms with E-state index in [4.69, 9.17) is 9.15 Å². The number of ether oxygens (including phenoxy) is 2. The number of amides is 1. The second-order valence-electron chi connectivity index (χ2n) is 6.35. The third-order valence-electron chi connectivity index (χ3n) is 4.29. The van der Waals surface area contributed by atoms with Crippen molar-refractivity contribution >= 4 is 40.6 Å². The lowest BCUT2D eigenvalue weighted by atomic mass is 10.1. The highest BCUT2D eigenvalue weighted by molar-refractivity contribution is 8.04. The van der Waals surface area contributed by atoms with E-state index in [1.807, 2.05) is 25.1 Å². The van der Waals surface area contributed by atoms with E-state index in [0.717, 1.165) is 22.1 Å². The number of esters is 2. The maximum atomic E-state index is 12.1. The van der Waals surface area contributed by atoms with Crippen molar-refractivity contribution in [2.75, 3.05) is 26.0 Å². The van der Waals surface area contributed by atoms with Gasteiger partial charge in [-0.25, -0.2) is 4.79 Å². The van der Waals surface area contributed by atoms with E-state index in [9.17, 15) is 14.4 Å². The molecule has 3 rings (SSSR count). The number of methoxy groups -OCH3 is 1. The number of aryl methyl sites for hydroxylation is 1. The van der Waals surface area contributed by atoms with Crippen LogP contribution in [0, 0.1) is 6.92 Å². The van der Waals surface area contributed by atoms with Gasteiger partial charge in [-0.15, -0.1) is 0 Å². The molecule has 1 aromatic heterocycles. The predicted molar refractivity (Wildman–Crippen MR) is 105 cm³/mol. The first-order valence-corrected chi connectivity index (χ1v) is 9.81. The van der Waals surface area contributed by atoms with Crippen LogP contribution in [0.2, 0.25) is 0 Å². The van der Waals surface area contributed by atoms with Crippen molar-refractivity contribution in [1.29, 1.82) is 0 Å². The van der Waals surface area contributed by atoms with Crippen molar-refractivity contribution in [2.45, 2.75) is 19.8 Å².